The van der Waals surface area contributed by atoms with Crippen LogP contribution in [-0.2, 0) is 4.79 Å². The molecule has 1 aromatic carbocycles. The average molecular weight is 372 g/mol. The first-order chi connectivity index (χ1) is 9.74. The molecule has 0 heterocycles. The van der Waals surface area contributed by atoms with Crippen LogP contribution in [0.5, 0.6) is 5.75 Å². The van der Waals surface area contributed by atoms with E-state index in [0.717, 1.165) is 12.5 Å². The zero-order valence-electron chi connectivity index (χ0n) is 11.2. The van der Waals surface area contributed by atoms with Crippen LogP contribution in [-0.4, -0.2) is 22.8 Å². The smallest absolute Gasteiger partial charge is 0.381 e. The molecule has 21 heavy (non-hydrogen) atoms. The zero-order valence-corrected chi connectivity index (χ0v) is 14.4. The van der Waals surface area contributed by atoms with Gasteiger partial charge in [0.25, 0.3) is 0 Å². The summed E-state index contributed by atoms with van der Waals surface area (Å²) >= 11 is 17.9. The van der Waals surface area contributed by atoms with Crippen molar-refractivity contribution in [1.82, 2.24) is 0 Å². The van der Waals surface area contributed by atoms with Crippen LogP contribution in [0.3, 0.4) is 0 Å². The molecule has 0 saturated heterocycles. The van der Waals surface area contributed by atoms with Crippen molar-refractivity contribution in [3.05, 3.63) is 35.7 Å². The van der Waals surface area contributed by atoms with E-state index in [2.05, 4.69) is 0 Å². The van der Waals surface area contributed by atoms with Gasteiger partial charge in [-0.3, -0.25) is 0 Å². The van der Waals surface area contributed by atoms with Gasteiger partial charge in [-0.25, -0.2) is 9.18 Å². The Labute approximate surface area is 137 Å². The van der Waals surface area contributed by atoms with Crippen LogP contribution in [0.25, 0.3) is 6.08 Å². The number of hydrogen-bond donors (Lipinski definition) is 1. The molecule has 3 nitrogen and oxygen atoms in total. The Morgan fingerprint density at radius 2 is 2.14 bits per heavy atom. The summed E-state index contributed by atoms with van der Waals surface area (Å²) in [5.74, 6) is -1.74. The first-order valence-electron chi connectivity index (χ1n) is 6.18. The maximum atomic E-state index is 13.8. The summed E-state index contributed by atoms with van der Waals surface area (Å²) < 4.78 is 19.3. The quantitative estimate of drug-likeness (QED) is 0.430. The molecule has 116 valence electrons. The topological polar surface area (TPSA) is 46.5 Å². The van der Waals surface area contributed by atoms with Crippen LogP contribution >= 0.6 is 33.2 Å². The van der Waals surface area contributed by atoms with Crippen molar-refractivity contribution in [2.45, 2.75) is 25.5 Å². The van der Waals surface area contributed by atoms with Crippen LogP contribution in [0.15, 0.2) is 24.3 Å². The predicted octanol–water partition coefficient (Wildman–Crippen LogP) is 4.67. The van der Waals surface area contributed by atoms with E-state index in [1.165, 1.54) is 24.3 Å². The summed E-state index contributed by atoms with van der Waals surface area (Å²) in [7, 11) is 0. The minimum Gasteiger partial charge on any atom is -0.486 e. The van der Waals surface area contributed by atoms with Crippen molar-refractivity contribution in [3.8, 4) is 5.75 Å². The van der Waals surface area contributed by atoms with Crippen molar-refractivity contribution in [3.63, 3.8) is 0 Å². The predicted molar refractivity (Wildman–Crippen MR) is 85.7 cm³/mol. The van der Waals surface area contributed by atoms with Gasteiger partial charge in [0.1, 0.15) is 5.73 Å². The molecule has 1 unspecified atom stereocenters. The largest absolute Gasteiger partial charge is 0.486 e. The summed E-state index contributed by atoms with van der Waals surface area (Å²) in [4.78, 5) is 10.5. The normalized spacial score (nSPS) is 13.4. The third kappa shape index (κ3) is 6.26. The fourth-order valence-electron chi connectivity index (χ4n) is 1.59. The molecule has 0 aliphatic rings. The fraction of sp³-hybridized carbons (Fsp3) is 0.308. The second-order valence-electron chi connectivity index (χ2n) is 4.30. The van der Waals surface area contributed by atoms with E-state index < -0.39 is 23.5 Å². The Balaban J connectivity index is 3.00. The SMILES string of the molecule is CCCC(Oc1cc(/C=C/C(=O)O)ccc1F)[Si](Cl)(Cl)Cl. The summed E-state index contributed by atoms with van der Waals surface area (Å²) in [5.41, 5.74) is -0.185. The number of rotatable bonds is 7. The molecular formula is C13H14Cl3FO3Si. The molecule has 0 aliphatic heterocycles. The molecule has 1 rings (SSSR count). The third-order valence-corrected chi connectivity index (χ3v) is 5.89. The van der Waals surface area contributed by atoms with Gasteiger partial charge in [0.05, 0.1) is 0 Å². The summed E-state index contributed by atoms with van der Waals surface area (Å²) in [5, 5.41) is 8.58. The second-order valence-corrected chi connectivity index (χ2v) is 13.1. The van der Waals surface area contributed by atoms with E-state index in [1.54, 1.807) is 0 Å². The molecule has 0 amide bonds. The third-order valence-electron chi connectivity index (χ3n) is 2.56. The Kier molecular flexibility index (Phi) is 7.00. The molecule has 0 radical (unpaired) electrons. The minimum absolute atomic E-state index is 0.0557. The van der Waals surface area contributed by atoms with E-state index in [1.807, 2.05) is 6.92 Å². The highest BCUT2D eigenvalue weighted by molar-refractivity contribution is 7.65. The molecule has 8 heteroatoms. The van der Waals surface area contributed by atoms with Crippen LogP contribution in [0, 0.1) is 5.82 Å². The molecule has 0 aromatic heterocycles. The first kappa shape index (κ1) is 18.3. The lowest BCUT2D eigenvalue weighted by Crippen LogP contribution is -2.36. The van der Waals surface area contributed by atoms with Crippen molar-refractivity contribution >= 4 is 51.3 Å². The van der Waals surface area contributed by atoms with Gasteiger partial charge in [0.2, 0.25) is 0 Å². The molecule has 0 aliphatic carbocycles. The molecule has 0 bridgehead atoms. The van der Waals surface area contributed by atoms with Crippen LogP contribution in [0.2, 0.25) is 0 Å². The van der Waals surface area contributed by atoms with Gasteiger partial charge < -0.3 is 9.84 Å². The van der Waals surface area contributed by atoms with Crippen molar-refractivity contribution in [2.75, 3.05) is 0 Å². The molecule has 0 fully saturated rings. The maximum Gasteiger partial charge on any atom is 0.381 e. The Bertz CT molecular complexity index is 532. The van der Waals surface area contributed by atoms with E-state index in [-0.39, 0.29) is 5.75 Å². The van der Waals surface area contributed by atoms with Gasteiger partial charge in [0.15, 0.2) is 11.6 Å². The van der Waals surface area contributed by atoms with E-state index >= 15 is 0 Å². The standard InChI is InChI=1S/C13H14Cl3FO3Si/c1-2-3-13(21(14,15)16)20-11-8-9(4-6-10(11)17)5-7-12(18)19/h4-8,13H,2-3H2,1H3,(H,18,19)/b7-5+. The number of ether oxygens (including phenoxy) is 1. The van der Waals surface area contributed by atoms with Gasteiger partial charge in [-0.1, -0.05) is 19.4 Å². The number of aliphatic carboxylic acids is 1. The van der Waals surface area contributed by atoms with E-state index in [9.17, 15) is 9.18 Å². The summed E-state index contributed by atoms with van der Waals surface area (Å²) in [6.07, 6.45) is 3.50. The van der Waals surface area contributed by atoms with Crippen molar-refractivity contribution in [2.24, 2.45) is 0 Å². The summed E-state index contributed by atoms with van der Waals surface area (Å²) in [6, 6.07) is 0.840. The van der Waals surface area contributed by atoms with E-state index in [4.69, 9.17) is 43.1 Å². The number of carboxylic acid groups (broad SMARTS) is 1. The fourth-order valence-corrected chi connectivity index (χ4v) is 3.85. The van der Waals surface area contributed by atoms with Gasteiger partial charge in [-0.05, 0) is 30.2 Å². The van der Waals surface area contributed by atoms with Gasteiger partial charge >= 0.3 is 12.0 Å². The monoisotopic (exact) mass is 370 g/mol. The highest BCUT2D eigenvalue weighted by Gasteiger charge is 2.38. The Morgan fingerprint density at radius 3 is 2.67 bits per heavy atom. The number of carbonyl (C=O) groups is 1. The number of hydrogen-bond acceptors (Lipinski definition) is 2. The Morgan fingerprint density at radius 1 is 1.48 bits per heavy atom. The lowest BCUT2D eigenvalue weighted by molar-refractivity contribution is -0.131. The van der Waals surface area contributed by atoms with Crippen molar-refractivity contribution in [1.29, 1.82) is 0 Å². The lowest BCUT2D eigenvalue weighted by atomic mass is 10.2. The van der Waals surface area contributed by atoms with Gasteiger partial charge in [-0.15, -0.1) is 33.2 Å². The molecule has 1 atom stereocenters. The van der Waals surface area contributed by atoms with E-state index in [0.29, 0.717) is 12.0 Å². The van der Waals surface area contributed by atoms with Crippen LogP contribution in [0.4, 0.5) is 4.39 Å². The molecule has 1 aromatic rings. The molecule has 0 saturated carbocycles. The number of halogens is 4. The molecular weight excluding hydrogens is 358 g/mol. The van der Waals surface area contributed by atoms with Crippen LogP contribution < -0.4 is 4.74 Å². The van der Waals surface area contributed by atoms with Gasteiger partial charge in [0, 0.05) is 6.08 Å². The maximum absolute atomic E-state index is 13.8. The zero-order chi connectivity index (χ0) is 16.0. The van der Waals surface area contributed by atoms with Crippen molar-refractivity contribution < 1.29 is 19.0 Å². The minimum atomic E-state index is -3.15. The highest BCUT2D eigenvalue weighted by atomic mass is 35.8. The summed E-state index contributed by atoms with van der Waals surface area (Å²) in [6.45, 7) is 1.91. The Hall–Kier alpha value is -0.753. The van der Waals surface area contributed by atoms with Gasteiger partial charge in [-0.2, -0.15) is 0 Å². The number of carboxylic acids is 1. The number of benzene rings is 1. The molecule has 1 N–H and O–H groups in total. The van der Waals surface area contributed by atoms with Crippen LogP contribution in [0.1, 0.15) is 25.3 Å². The highest BCUT2D eigenvalue weighted by Crippen LogP contribution is 2.32. The lowest BCUT2D eigenvalue weighted by Gasteiger charge is -2.23. The average Bonchev–Trinajstić information content (AvgIpc) is 2.37. The molecule has 0 spiro atoms. The second kappa shape index (κ2) is 8.03. The first-order valence-corrected chi connectivity index (χ1v) is 11.3.